The van der Waals surface area contributed by atoms with Crippen LogP contribution in [0, 0.1) is 5.41 Å². The minimum absolute atomic E-state index is 0.122. The van der Waals surface area contributed by atoms with Crippen LogP contribution < -0.4 is 0 Å². The average Bonchev–Trinajstić information content (AvgIpc) is 2.11. The molecule has 1 rings (SSSR count). The molecule has 4 heteroatoms. The van der Waals surface area contributed by atoms with E-state index in [0.717, 1.165) is 19.3 Å². The van der Waals surface area contributed by atoms with E-state index in [-0.39, 0.29) is 17.1 Å². The molecular weight excluding hydrogens is 232 g/mol. The zero-order valence-electron chi connectivity index (χ0n) is 12.4. The molecule has 0 bridgehead atoms. The van der Waals surface area contributed by atoms with Crippen molar-refractivity contribution in [3.8, 4) is 0 Å². The Morgan fingerprint density at radius 2 is 1.88 bits per heavy atom. The van der Waals surface area contributed by atoms with Crippen LogP contribution in [0.1, 0.15) is 41.5 Å². The fourth-order valence-electron chi connectivity index (χ4n) is 2.10. The summed E-state index contributed by atoms with van der Waals surface area (Å²) in [7, 11) is -2.07. The van der Waals surface area contributed by atoms with Crippen molar-refractivity contribution in [2.45, 2.75) is 65.8 Å². The van der Waals surface area contributed by atoms with E-state index >= 15 is 0 Å². The summed E-state index contributed by atoms with van der Waals surface area (Å²) < 4.78 is 17.8. The fourth-order valence-corrected chi connectivity index (χ4v) is 4.78. The quantitative estimate of drug-likeness (QED) is 0.686. The van der Waals surface area contributed by atoms with E-state index in [1.165, 1.54) is 0 Å². The van der Waals surface area contributed by atoms with Crippen LogP contribution in [0.5, 0.6) is 0 Å². The minimum atomic E-state index is -2.07. The van der Waals surface area contributed by atoms with Crippen molar-refractivity contribution in [3.05, 3.63) is 0 Å². The van der Waals surface area contributed by atoms with Crippen molar-refractivity contribution in [1.29, 1.82) is 0 Å². The summed E-state index contributed by atoms with van der Waals surface area (Å²) in [5, 5.41) is 0. The first kappa shape index (κ1) is 15.2. The summed E-state index contributed by atoms with van der Waals surface area (Å²) in [5.41, 5.74) is -0.0616. The second-order valence-corrected chi connectivity index (χ2v) is 9.73. The molecule has 102 valence electrons. The van der Waals surface area contributed by atoms with Gasteiger partial charge < -0.3 is 13.6 Å². The highest BCUT2D eigenvalue weighted by Crippen LogP contribution is 2.42. The maximum Gasteiger partial charge on any atom is 0.335 e. The van der Waals surface area contributed by atoms with Gasteiger partial charge in [0, 0.05) is 11.5 Å². The van der Waals surface area contributed by atoms with Crippen LogP contribution in [-0.2, 0) is 13.6 Å². The summed E-state index contributed by atoms with van der Waals surface area (Å²) in [6, 6.07) is 0.978. The van der Waals surface area contributed by atoms with Gasteiger partial charge in [-0.2, -0.15) is 0 Å². The molecule has 1 unspecified atom stereocenters. The van der Waals surface area contributed by atoms with E-state index in [1.54, 1.807) is 0 Å². The lowest BCUT2D eigenvalue weighted by molar-refractivity contribution is -0.196. The smallest absolute Gasteiger partial charge is 0.335 e. The Labute approximate surface area is 107 Å². The summed E-state index contributed by atoms with van der Waals surface area (Å²) >= 11 is 0. The third-order valence-corrected chi connectivity index (χ3v) is 7.09. The summed E-state index contributed by atoms with van der Waals surface area (Å²) in [6.45, 7) is 16.6. The van der Waals surface area contributed by atoms with Crippen LogP contribution in [0.4, 0.5) is 0 Å². The Balaban J connectivity index is 2.72. The van der Waals surface area contributed by atoms with E-state index < -0.39 is 8.56 Å². The molecule has 0 amide bonds. The van der Waals surface area contributed by atoms with Crippen LogP contribution in [0.2, 0.25) is 12.6 Å². The predicted octanol–water partition coefficient (Wildman–Crippen LogP) is 3.34. The van der Waals surface area contributed by atoms with Gasteiger partial charge in [0.2, 0.25) is 0 Å². The highest BCUT2D eigenvalue weighted by molar-refractivity contribution is 6.66. The zero-order valence-corrected chi connectivity index (χ0v) is 13.4. The average molecular weight is 260 g/mol. The van der Waals surface area contributed by atoms with Crippen molar-refractivity contribution >= 4 is 8.56 Å². The molecule has 17 heavy (non-hydrogen) atoms. The van der Waals surface area contributed by atoms with E-state index in [1.807, 2.05) is 0 Å². The van der Waals surface area contributed by atoms with Crippen LogP contribution in [-0.4, -0.2) is 33.5 Å². The van der Waals surface area contributed by atoms with Crippen molar-refractivity contribution < 1.29 is 13.6 Å². The van der Waals surface area contributed by atoms with Crippen LogP contribution in [0.15, 0.2) is 0 Å². The topological polar surface area (TPSA) is 27.7 Å². The van der Waals surface area contributed by atoms with E-state index in [2.05, 4.69) is 48.1 Å². The van der Waals surface area contributed by atoms with Gasteiger partial charge in [0.25, 0.3) is 0 Å². The van der Waals surface area contributed by atoms with Gasteiger partial charge in [-0.25, -0.2) is 0 Å². The summed E-state index contributed by atoms with van der Waals surface area (Å²) in [5.74, 6) is 0. The molecule has 0 aromatic carbocycles. The first-order valence-electron chi connectivity index (χ1n) is 6.60. The molecule has 0 saturated carbocycles. The van der Waals surface area contributed by atoms with Gasteiger partial charge >= 0.3 is 8.56 Å². The van der Waals surface area contributed by atoms with Gasteiger partial charge in [-0.3, -0.25) is 0 Å². The summed E-state index contributed by atoms with van der Waals surface area (Å²) in [4.78, 5) is 0. The highest BCUT2D eigenvalue weighted by Gasteiger charge is 2.51. The van der Waals surface area contributed by atoms with Crippen molar-refractivity contribution in [1.82, 2.24) is 0 Å². The fraction of sp³-hybridized carbons (Fsp3) is 1.00. The Hall–Kier alpha value is 0.0969. The van der Waals surface area contributed by atoms with Crippen molar-refractivity contribution in [2.75, 3.05) is 13.2 Å². The largest absolute Gasteiger partial charge is 0.392 e. The third-order valence-electron chi connectivity index (χ3n) is 3.89. The van der Waals surface area contributed by atoms with Crippen LogP contribution in [0.3, 0.4) is 0 Å². The number of hydrogen-bond acceptors (Lipinski definition) is 3. The molecule has 0 radical (unpaired) electrons. The molecule has 0 aromatic heterocycles. The molecular formula is C13H28O3Si. The van der Waals surface area contributed by atoms with Gasteiger partial charge in [0.1, 0.15) is 0 Å². The third kappa shape index (κ3) is 3.31. The lowest BCUT2D eigenvalue weighted by Gasteiger charge is -2.52. The molecule has 0 aliphatic carbocycles. The lowest BCUT2D eigenvalue weighted by Crippen LogP contribution is -2.60. The molecule has 1 heterocycles. The van der Waals surface area contributed by atoms with Gasteiger partial charge in [-0.05, 0) is 40.3 Å². The number of hydrogen-bond donors (Lipinski definition) is 0. The van der Waals surface area contributed by atoms with Gasteiger partial charge in [0.05, 0.1) is 18.8 Å². The minimum Gasteiger partial charge on any atom is -0.392 e. The molecule has 1 atom stereocenters. The zero-order chi connectivity index (χ0) is 13.3. The van der Waals surface area contributed by atoms with E-state index in [0.29, 0.717) is 0 Å². The van der Waals surface area contributed by atoms with Gasteiger partial charge in [-0.15, -0.1) is 0 Å². The first-order valence-corrected chi connectivity index (χ1v) is 9.12. The maximum absolute atomic E-state index is 6.43. The molecule has 1 saturated heterocycles. The van der Waals surface area contributed by atoms with Crippen molar-refractivity contribution in [3.63, 3.8) is 0 Å². The molecule has 1 aliphatic heterocycles. The van der Waals surface area contributed by atoms with Crippen LogP contribution >= 0.6 is 0 Å². The molecule has 0 spiro atoms. The molecule has 0 aromatic rings. The standard InChI is InChI=1S/C13H28O3Si/c1-8-17(7,15-11(2)3)16-12(4,5)13(6)9-14-10-13/h11H,8-10H2,1-7H3. The SMILES string of the molecule is CC[Si](C)(OC(C)C)OC(C)(C)C1(C)COC1. The molecule has 1 fully saturated rings. The predicted molar refractivity (Wildman–Crippen MR) is 72.4 cm³/mol. The highest BCUT2D eigenvalue weighted by atomic mass is 28.4. The Morgan fingerprint density at radius 3 is 2.18 bits per heavy atom. The Kier molecular flexibility index (Phi) is 4.45. The maximum atomic E-state index is 6.43. The van der Waals surface area contributed by atoms with E-state index in [9.17, 15) is 0 Å². The van der Waals surface area contributed by atoms with Crippen LogP contribution in [0.25, 0.3) is 0 Å². The first-order chi connectivity index (χ1) is 7.64. The monoisotopic (exact) mass is 260 g/mol. The second kappa shape index (κ2) is 5.00. The Morgan fingerprint density at radius 1 is 1.35 bits per heavy atom. The van der Waals surface area contributed by atoms with E-state index in [4.69, 9.17) is 13.6 Å². The molecule has 3 nitrogen and oxygen atoms in total. The normalized spacial score (nSPS) is 23.3. The number of rotatable bonds is 6. The Bertz CT molecular complexity index is 261. The lowest BCUT2D eigenvalue weighted by atomic mass is 9.74. The van der Waals surface area contributed by atoms with Gasteiger partial charge in [-0.1, -0.05) is 13.8 Å². The van der Waals surface area contributed by atoms with Gasteiger partial charge in [0.15, 0.2) is 0 Å². The number of ether oxygens (including phenoxy) is 1. The second-order valence-electron chi connectivity index (χ2n) is 6.32. The molecule has 0 N–H and O–H groups in total. The summed E-state index contributed by atoms with van der Waals surface area (Å²) in [6.07, 6.45) is 0.230. The molecule has 1 aliphatic rings. The van der Waals surface area contributed by atoms with Crippen molar-refractivity contribution in [2.24, 2.45) is 5.41 Å².